The summed E-state index contributed by atoms with van der Waals surface area (Å²) in [5.41, 5.74) is 2.04. The third-order valence-corrected chi connectivity index (χ3v) is 6.06. The van der Waals surface area contributed by atoms with E-state index in [4.69, 9.17) is 0 Å². The predicted octanol–water partition coefficient (Wildman–Crippen LogP) is 4.17. The number of aromatic nitrogens is 2. The molecule has 132 valence electrons. The van der Waals surface area contributed by atoms with Crippen LogP contribution in [0.4, 0.5) is 0 Å². The largest absolute Gasteiger partial charge is 0.348 e. The highest BCUT2D eigenvalue weighted by Crippen LogP contribution is 2.54. The van der Waals surface area contributed by atoms with Crippen molar-refractivity contribution in [2.45, 2.75) is 57.5 Å². The molecule has 2 aliphatic rings. The minimum absolute atomic E-state index is 0.0156. The van der Waals surface area contributed by atoms with Crippen molar-refractivity contribution in [3.05, 3.63) is 53.9 Å². The number of nitrogens with zero attached hydrogens (tertiary/aromatic N) is 2. The van der Waals surface area contributed by atoms with Crippen molar-refractivity contribution in [2.75, 3.05) is 0 Å². The number of amides is 1. The van der Waals surface area contributed by atoms with Gasteiger partial charge in [0.05, 0.1) is 11.8 Å². The van der Waals surface area contributed by atoms with Crippen LogP contribution in [0.15, 0.2) is 42.7 Å². The van der Waals surface area contributed by atoms with Gasteiger partial charge in [-0.2, -0.15) is 5.10 Å². The van der Waals surface area contributed by atoms with Gasteiger partial charge in [-0.05, 0) is 44.1 Å². The van der Waals surface area contributed by atoms with Crippen LogP contribution in [0.5, 0.6) is 0 Å². The maximum atomic E-state index is 12.8. The average Bonchev–Trinajstić information content (AvgIpc) is 3.11. The molecule has 0 spiro atoms. The van der Waals surface area contributed by atoms with Crippen LogP contribution in [0.2, 0.25) is 0 Å². The second-order valence-electron chi connectivity index (χ2n) is 7.85. The molecule has 1 heterocycles. The topological polar surface area (TPSA) is 46.9 Å². The van der Waals surface area contributed by atoms with E-state index >= 15 is 0 Å². The zero-order valence-electron chi connectivity index (χ0n) is 15.1. The number of carbonyl (C=O) groups excluding carboxylic acids is 1. The molecule has 1 aromatic heterocycles. The first kappa shape index (κ1) is 16.4. The van der Waals surface area contributed by atoms with E-state index in [1.54, 1.807) is 6.20 Å². The maximum absolute atomic E-state index is 12.8. The summed E-state index contributed by atoms with van der Waals surface area (Å²) in [4.78, 5) is 12.8. The van der Waals surface area contributed by atoms with Crippen molar-refractivity contribution in [1.29, 1.82) is 0 Å². The van der Waals surface area contributed by atoms with Crippen molar-refractivity contribution in [1.82, 2.24) is 15.1 Å². The molecule has 4 nitrogen and oxygen atoms in total. The summed E-state index contributed by atoms with van der Waals surface area (Å²) in [5, 5.41) is 7.64. The van der Waals surface area contributed by atoms with Crippen LogP contribution >= 0.6 is 0 Å². The van der Waals surface area contributed by atoms with E-state index in [9.17, 15) is 4.79 Å². The van der Waals surface area contributed by atoms with E-state index in [1.807, 2.05) is 10.9 Å². The molecule has 1 aromatic carbocycles. The van der Waals surface area contributed by atoms with Crippen molar-refractivity contribution < 1.29 is 4.79 Å². The summed E-state index contributed by atoms with van der Waals surface area (Å²) >= 11 is 0. The normalized spacial score (nSPS) is 28.3. The smallest absolute Gasteiger partial charge is 0.254 e. The lowest BCUT2D eigenvalue weighted by molar-refractivity contribution is 0.0252. The van der Waals surface area contributed by atoms with Crippen LogP contribution in [-0.4, -0.2) is 21.7 Å². The lowest BCUT2D eigenvalue weighted by atomic mass is 9.53. The fourth-order valence-electron chi connectivity index (χ4n) is 4.77. The lowest BCUT2D eigenvalue weighted by Gasteiger charge is -2.55. The zero-order chi connectivity index (χ0) is 17.4. The van der Waals surface area contributed by atoms with Gasteiger partial charge in [0.1, 0.15) is 0 Å². The minimum Gasteiger partial charge on any atom is -0.348 e. The Bertz CT molecular complexity index is 737. The summed E-state index contributed by atoms with van der Waals surface area (Å²) in [6, 6.07) is 11.2. The fraction of sp³-hybridized carbons (Fsp3) is 0.524. The van der Waals surface area contributed by atoms with Crippen molar-refractivity contribution in [3.8, 4) is 0 Å². The summed E-state index contributed by atoms with van der Waals surface area (Å²) in [7, 11) is 0. The van der Waals surface area contributed by atoms with Crippen LogP contribution in [0.1, 0.15) is 67.4 Å². The molecule has 4 rings (SSSR count). The molecule has 4 heteroatoms. The third-order valence-electron chi connectivity index (χ3n) is 6.06. The Labute approximate surface area is 149 Å². The Morgan fingerprint density at radius 3 is 2.56 bits per heavy atom. The molecule has 2 fully saturated rings. The Morgan fingerprint density at radius 1 is 1.16 bits per heavy atom. The molecular formula is C21H27N3O. The Kier molecular flexibility index (Phi) is 4.36. The molecule has 1 amide bonds. The number of fused-ring (bicyclic) bond motifs is 1. The number of hydrogen-bond donors (Lipinski definition) is 1. The standard InChI is InChI=1S/C21H27N3O/c1-14(2)24-13-16(12-22-24)21(25)23-20-18-11-7-6-10-17(18)19(20)15-8-4-3-5-9-15/h3-5,8-9,12-14,17-20H,6-7,10-11H2,1-2H3,(H,23,25)/t17-,18-,19-,20-/m0/s1. The lowest BCUT2D eigenvalue weighted by Crippen LogP contribution is -2.59. The van der Waals surface area contributed by atoms with Crippen molar-refractivity contribution in [2.24, 2.45) is 11.8 Å². The Balaban J connectivity index is 1.53. The highest BCUT2D eigenvalue weighted by atomic mass is 16.1. The molecular weight excluding hydrogens is 310 g/mol. The molecule has 0 aliphatic heterocycles. The van der Waals surface area contributed by atoms with Gasteiger partial charge in [0.15, 0.2) is 0 Å². The van der Waals surface area contributed by atoms with Crippen LogP contribution in [-0.2, 0) is 0 Å². The summed E-state index contributed by atoms with van der Waals surface area (Å²) < 4.78 is 1.84. The van der Waals surface area contributed by atoms with E-state index < -0.39 is 0 Å². The SMILES string of the molecule is CC(C)n1cc(C(=O)N[C@H]2[C@H]3CCCC[C@@H]3[C@@H]2c2ccccc2)cn1. The van der Waals surface area contributed by atoms with E-state index in [1.165, 1.54) is 31.2 Å². The predicted molar refractivity (Wildman–Crippen MR) is 98.5 cm³/mol. The zero-order valence-corrected chi connectivity index (χ0v) is 15.1. The first-order valence-electron chi connectivity index (χ1n) is 9.55. The summed E-state index contributed by atoms with van der Waals surface area (Å²) in [6.07, 6.45) is 8.69. The monoisotopic (exact) mass is 337 g/mol. The second kappa shape index (κ2) is 6.66. The summed E-state index contributed by atoms with van der Waals surface area (Å²) in [6.45, 7) is 4.14. The van der Waals surface area contributed by atoms with Crippen LogP contribution < -0.4 is 5.32 Å². The van der Waals surface area contributed by atoms with Crippen LogP contribution in [0.25, 0.3) is 0 Å². The van der Waals surface area contributed by atoms with Crippen molar-refractivity contribution in [3.63, 3.8) is 0 Å². The first-order valence-corrected chi connectivity index (χ1v) is 9.55. The third kappa shape index (κ3) is 2.99. The van der Waals surface area contributed by atoms with Gasteiger partial charge in [0.2, 0.25) is 0 Å². The van der Waals surface area contributed by atoms with Gasteiger partial charge >= 0.3 is 0 Å². The number of carbonyl (C=O) groups is 1. The van der Waals surface area contributed by atoms with Gasteiger partial charge in [-0.25, -0.2) is 0 Å². The second-order valence-corrected chi connectivity index (χ2v) is 7.85. The molecule has 0 saturated heterocycles. The van der Waals surface area contributed by atoms with Crippen molar-refractivity contribution >= 4 is 5.91 Å². The van der Waals surface area contributed by atoms with Gasteiger partial charge in [-0.1, -0.05) is 43.2 Å². The number of hydrogen-bond acceptors (Lipinski definition) is 2. The highest BCUT2D eigenvalue weighted by molar-refractivity contribution is 5.94. The molecule has 4 atom stereocenters. The van der Waals surface area contributed by atoms with Gasteiger partial charge < -0.3 is 5.32 Å². The van der Waals surface area contributed by atoms with Gasteiger partial charge in [-0.3, -0.25) is 9.48 Å². The fourth-order valence-corrected chi connectivity index (χ4v) is 4.77. The van der Waals surface area contributed by atoms with Crippen LogP contribution in [0.3, 0.4) is 0 Å². The number of benzene rings is 1. The molecule has 0 unspecified atom stereocenters. The maximum Gasteiger partial charge on any atom is 0.254 e. The van der Waals surface area contributed by atoms with E-state index in [2.05, 4.69) is 54.6 Å². The van der Waals surface area contributed by atoms with Crippen LogP contribution in [0, 0.1) is 11.8 Å². The molecule has 2 aromatic rings. The van der Waals surface area contributed by atoms with Gasteiger partial charge in [0, 0.05) is 24.2 Å². The molecule has 2 saturated carbocycles. The quantitative estimate of drug-likeness (QED) is 0.910. The van der Waals surface area contributed by atoms with Gasteiger partial charge in [0.25, 0.3) is 5.91 Å². The number of rotatable bonds is 4. The number of nitrogens with one attached hydrogen (secondary N) is 1. The molecule has 0 bridgehead atoms. The molecule has 2 aliphatic carbocycles. The van der Waals surface area contributed by atoms with E-state index in [0.29, 0.717) is 17.4 Å². The highest BCUT2D eigenvalue weighted by Gasteiger charge is 2.51. The van der Waals surface area contributed by atoms with E-state index in [0.717, 1.165) is 5.92 Å². The minimum atomic E-state index is 0.0156. The van der Waals surface area contributed by atoms with E-state index in [-0.39, 0.29) is 18.0 Å². The molecule has 0 radical (unpaired) electrons. The Hall–Kier alpha value is -2.10. The molecule has 1 N–H and O–H groups in total. The molecule has 25 heavy (non-hydrogen) atoms. The van der Waals surface area contributed by atoms with Gasteiger partial charge in [-0.15, -0.1) is 0 Å². The first-order chi connectivity index (χ1) is 12.1. The summed E-state index contributed by atoms with van der Waals surface area (Å²) in [5.74, 6) is 1.82. The average molecular weight is 337 g/mol. The Morgan fingerprint density at radius 2 is 1.88 bits per heavy atom.